The summed E-state index contributed by atoms with van der Waals surface area (Å²) in [7, 11) is 0. The second-order valence-corrected chi connectivity index (χ2v) is 4.65. The van der Waals surface area contributed by atoms with Gasteiger partial charge in [-0.2, -0.15) is 0 Å². The third-order valence-corrected chi connectivity index (χ3v) is 3.85. The number of halogens is 1. The first-order chi connectivity index (χ1) is 7.86. The summed E-state index contributed by atoms with van der Waals surface area (Å²) in [5, 5.41) is 0. The summed E-state index contributed by atoms with van der Waals surface area (Å²) < 4.78 is 14.1. The minimum atomic E-state index is -0.134. The molecule has 0 bridgehead atoms. The maximum atomic E-state index is 13.4. The molecular weight excluding hydrogens is 221 g/mol. The summed E-state index contributed by atoms with van der Waals surface area (Å²) in [5.41, 5.74) is 3.87. The Morgan fingerprint density at radius 1 is 1.31 bits per heavy atom. The van der Waals surface area contributed by atoms with Crippen molar-refractivity contribution in [1.29, 1.82) is 0 Å². The number of nitrogens with zero attached hydrogens (tertiary/aromatic N) is 1. The van der Waals surface area contributed by atoms with Crippen LogP contribution in [0.5, 0.6) is 0 Å². The first-order valence-corrected chi connectivity index (χ1v) is 6.76. The van der Waals surface area contributed by atoms with Crippen molar-refractivity contribution >= 4 is 21.6 Å². The van der Waals surface area contributed by atoms with Gasteiger partial charge in [0.2, 0.25) is 0 Å². The van der Waals surface area contributed by atoms with E-state index in [-0.39, 0.29) is 5.82 Å². The van der Waals surface area contributed by atoms with Gasteiger partial charge in [0.15, 0.2) is 0 Å². The summed E-state index contributed by atoms with van der Waals surface area (Å²) in [4.78, 5) is 4.26. The van der Waals surface area contributed by atoms with Gasteiger partial charge >= 0.3 is 0 Å². The summed E-state index contributed by atoms with van der Waals surface area (Å²) in [5.74, 6) is 0.491. The van der Waals surface area contributed by atoms with Gasteiger partial charge in [0.25, 0.3) is 0 Å². The number of rotatable bonds is 1. The largest absolute Gasteiger partial charge is 0.244 e. The Balaban J connectivity index is 0.000000457. The maximum Gasteiger partial charge on any atom is 0.142 e. The number of thiazole rings is 1. The molecule has 0 atom stereocenters. The molecule has 0 amide bonds. The molecule has 3 rings (SSSR count). The zero-order chi connectivity index (χ0) is 11.5. The highest BCUT2D eigenvalue weighted by atomic mass is 32.1. The fourth-order valence-corrected chi connectivity index (χ4v) is 2.71. The summed E-state index contributed by atoms with van der Waals surface area (Å²) in [6.45, 7) is 4.00. The fraction of sp³-hybridized carbons (Fsp3) is 0.462. The van der Waals surface area contributed by atoms with Crippen molar-refractivity contribution in [2.24, 2.45) is 0 Å². The summed E-state index contributed by atoms with van der Waals surface area (Å²) >= 11 is 1.39. The molecule has 1 aromatic heterocycles. The van der Waals surface area contributed by atoms with Gasteiger partial charge in [0.05, 0.1) is 15.7 Å². The van der Waals surface area contributed by atoms with E-state index in [1.54, 1.807) is 11.6 Å². The van der Waals surface area contributed by atoms with Crippen LogP contribution in [0, 0.1) is 5.82 Å². The van der Waals surface area contributed by atoms with Gasteiger partial charge in [-0.05, 0) is 30.4 Å². The van der Waals surface area contributed by atoms with Crippen LogP contribution in [0.3, 0.4) is 0 Å². The van der Waals surface area contributed by atoms with Crippen LogP contribution < -0.4 is 0 Å². The molecule has 3 heteroatoms. The van der Waals surface area contributed by atoms with Crippen LogP contribution in [0.1, 0.15) is 44.6 Å². The molecule has 0 unspecified atom stereocenters. The van der Waals surface area contributed by atoms with Crippen molar-refractivity contribution in [3.63, 3.8) is 0 Å². The lowest BCUT2D eigenvalue weighted by molar-refractivity contribution is 0.421. The molecule has 0 N–H and O–H groups in total. The molecule has 1 saturated carbocycles. The molecule has 0 spiro atoms. The molecule has 16 heavy (non-hydrogen) atoms. The third kappa shape index (κ3) is 1.84. The van der Waals surface area contributed by atoms with Crippen LogP contribution in [0.15, 0.2) is 17.6 Å². The molecule has 0 saturated heterocycles. The average Bonchev–Trinajstić information content (AvgIpc) is 2.72. The van der Waals surface area contributed by atoms with E-state index in [1.807, 2.05) is 19.9 Å². The first kappa shape index (κ1) is 11.5. The van der Waals surface area contributed by atoms with E-state index in [4.69, 9.17) is 0 Å². The lowest BCUT2D eigenvalue weighted by Crippen LogP contribution is -2.09. The van der Waals surface area contributed by atoms with Gasteiger partial charge in [-0.25, -0.2) is 9.37 Å². The lowest BCUT2D eigenvalue weighted by atomic mass is 9.79. The molecule has 0 aliphatic heterocycles. The molecule has 1 aliphatic rings. The van der Waals surface area contributed by atoms with Crippen molar-refractivity contribution in [3.05, 3.63) is 29.0 Å². The number of aromatic nitrogens is 1. The van der Waals surface area contributed by atoms with Gasteiger partial charge in [0.1, 0.15) is 5.82 Å². The number of fused-ring (bicyclic) bond motifs is 1. The Morgan fingerprint density at radius 3 is 2.69 bits per heavy atom. The van der Waals surface area contributed by atoms with Gasteiger partial charge in [0, 0.05) is 0 Å². The highest BCUT2D eigenvalue weighted by molar-refractivity contribution is 7.16. The van der Waals surface area contributed by atoms with Gasteiger partial charge in [-0.3, -0.25) is 0 Å². The third-order valence-electron chi connectivity index (χ3n) is 3.01. The molecule has 0 radical (unpaired) electrons. The Labute approximate surface area is 99.3 Å². The van der Waals surface area contributed by atoms with E-state index in [2.05, 4.69) is 4.98 Å². The normalized spacial score (nSPS) is 15.4. The number of hydrogen-bond donors (Lipinski definition) is 0. The Morgan fingerprint density at radius 2 is 2.06 bits per heavy atom. The van der Waals surface area contributed by atoms with Crippen LogP contribution in [0.4, 0.5) is 4.39 Å². The summed E-state index contributed by atoms with van der Waals surface area (Å²) in [6.07, 6.45) is 3.77. The van der Waals surface area contributed by atoms with E-state index in [1.165, 1.54) is 36.2 Å². The van der Waals surface area contributed by atoms with Crippen LogP contribution in [0.25, 0.3) is 10.2 Å². The van der Waals surface area contributed by atoms with E-state index in [9.17, 15) is 4.39 Å². The van der Waals surface area contributed by atoms with E-state index in [0.717, 1.165) is 10.2 Å². The van der Waals surface area contributed by atoms with Crippen molar-refractivity contribution < 1.29 is 4.39 Å². The fourth-order valence-electron chi connectivity index (χ4n) is 1.99. The van der Waals surface area contributed by atoms with Crippen molar-refractivity contribution in [2.75, 3.05) is 0 Å². The Bertz CT molecular complexity index is 474. The molecule has 1 heterocycles. The average molecular weight is 237 g/mol. The molecule has 1 nitrogen and oxygen atoms in total. The van der Waals surface area contributed by atoms with Crippen molar-refractivity contribution in [3.8, 4) is 0 Å². The predicted molar refractivity (Wildman–Crippen MR) is 67.5 cm³/mol. The highest BCUT2D eigenvalue weighted by Crippen LogP contribution is 2.40. The van der Waals surface area contributed by atoms with Crippen LogP contribution in [0.2, 0.25) is 0 Å². The standard InChI is InChI=1S/C11H10FNS.C2H6/c12-9-5-4-8(7-2-1-3-7)10-11(9)14-6-13-10;1-2/h4-7H,1-3H2;1-2H3. The van der Waals surface area contributed by atoms with Crippen molar-refractivity contribution in [1.82, 2.24) is 4.98 Å². The predicted octanol–water partition coefficient (Wildman–Crippen LogP) is 4.73. The van der Waals surface area contributed by atoms with Crippen molar-refractivity contribution in [2.45, 2.75) is 39.0 Å². The molecule has 86 valence electrons. The Hall–Kier alpha value is -0.960. The lowest BCUT2D eigenvalue weighted by Gasteiger charge is -2.25. The highest BCUT2D eigenvalue weighted by Gasteiger charge is 2.23. The number of benzene rings is 1. The molecule has 2 aromatic rings. The van der Waals surface area contributed by atoms with Gasteiger partial charge < -0.3 is 0 Å². The number of hydrogen-bond acceptors (Lipinski definition) is 2. The van der Waals surface area contributed by atoms with E-state index < -0.39 is 0 Å². The topological polar surface area (TPSA) is 12.9 Å². The van der Waals surface area contributed by atoms with E-state index in [0.29, 0.717) is 5.92 Å². The summed E-state index contributed by atoms with van der Waals surface area (Å²) in [6, 6.07) is 3.48. The molecule has 1 aromatic carbocycles. The zero-order valence-corrected chi connectivity index (χ0v) is 10.5. The Kier molecular flexibility index (Phi) is 3.54. The zero-order valence-electron chi connectivity index (χ0n) is 9.66. The molecule has 1 fully saturated rings. The second kappa shape index (κ2) is 4.91. The van der Waals surface area contributed by atoms with Gasteiger partial charge in [-0.1, -0.05) is 26.3 Å². The quantitative estimate of drug-likeness (QED) is 0.698. The smallest absolute Gasteiger partial charge is 0.142 e. The monoisotopic (exact) mass is 237 g/mol. The van der Waals surface area contributed by atoms with Crippen LogP contribution >= 0.6 is 11.3 Å². The minimum Gasteiger partial charge on any atom is -0.244 e. The molecular formula is C13H16FNS. The minimum absolute atomic E-state index is 0.134. The molecule has 1 aliphatic carbocycles. The van der Waals surface area contributed by atoms with Gasteiger partial charge in [-0.15, -0.1) is 11.3 Å². The first-order valence-electron chi connectivity index (χ1n) is 5.88. The second-order valence-electron chi connectivity index (χ2n) is 3.79. The van der Waals surface area contributed by atoms with E-state index >= 15 is 0 Å². The van der Waals surface area contributed by atoms with Crippen LogP contribution in [-0.4, -0.2) is 4.98 Å². The maximum absolute atomic E-state index is 13.4. The van der Waals surface area contributed by atoms with Crippen LogP contribution in [-0.2, 0) is 0 Å². The SMILES string of the molecule is CC.Fc1ccc(C2CCC2)c2ncsc12.